The highest BCUT2D eigenvalue weighted by molar-refractivity contribution is 8.00. The lowest BCUT2D eigenvalue weighted by Crippen LogP contribution is -2.27. The van der Waals surface area contributed by atoms with Gasteiger partial charge in [0.05, 0.1) is 5.75 Å². The number of rotatable bonds is 7. The summed E-state index contributed by atoms with van der Waals surface area (Å²) in [5.41, 5.74) is 0.326. The molecule has 0 amide bonds. The van der Waals surface area contributed by atoms with Crippen molar-refractivity contribution in [2.45, 2.75) is 50.9 Å². The lowest BCUT2D eigenvalue weighted by atomic mass is 10.2. The predicted octanol–water partition coefficient (Wildman–Crippen LogP) is 3.00. The minimum absolute atomic E-state index is 0.326. The normalized spacial score (nSPS) is 20.7. The van der Waals surface area contributed by atoms with E-state index < -0.39 is 0 Å². The highest BCUT2D eigenvalue weighted by Crippen LogP contribution is 2.22. The molecule has 1 heterocycles. The topological polar surface area (TPSA) is 45.1 Å². The van der Waals surface area contributed by atoms with Gasteiger partial charge in [-0.15, -0.1) is 11.8 Å². The van der Waals surface area contributed by atoms with Gasteiger partial charge >= 0.3 is 0 Å². The summed E-state index contributed by atoms with van der Waals surface area (Å²) in [5, 5.41) is 10.9. The number of hydrogen-bond acceptors (Lipinski definition) is 3. The molecule has 0 radical (unpaired) electrons. The molecule has 0 aromatic heterocycles. The van der Waals surface area contributed by atoms with Crippen LogP contribution < -0.4 is 5.32 Å². The van der Waals surface area contributed by atoms with Crippen LogP contribution >= 0.6 is 11.8 Å². The molecule has 4 heteroatoms. The monoisotopic (exact) mass is 244 g/mol. The highest BCUT2D eigenvalue weighted by atomic mass is 32.2. The molecule has 0 spiro atoms. The molecule has 0 aromatic rings. The number of amidine groups is 1. The van der Waals surface area contributed by atoms with Crippen LogP contribution in [0.3, 0.4) is 0 Å². The number of thioether (sulfide) groups is 1. The van der Waals surface area contributed by atoms with Crippen molar-refractivity contribution in [2.24, 2.45) is 0 Å². The van der Waals surface area contributed by atoms with Crippen molar-refractivity contribution in [1.29, 1.82) is 5.41 Å². The predicted molar refractivity (Wildman–Crippen MR) is 71.3 cm³/mol. The average molecular weight is 244 g/mol. The fourth-order valence-corrected chi connectivity index (χ4v) is 2.66. The first kappa shape index (κ1) is 13.8. The summed E-state index contributed by atoms with van der Waals surface area (Å²) in [5.74, 6) is 1.41. The molecule has 1 saturated heterocycles. The van der Waals surface area contributed by atoms with Gasteiger partial charge in [-0.25, -0.2) is 0 Å². The maximum absolute atomic E-state index is 7.76. The smallest absolute Gasteiger partial charge is 0.103 e. The number of nitrogens with one attached hydrogen (secondary N) is 2. The van der Waals surface area contributed by atoms with E-state index in [1.54, 1.807) is 11.8 Å². The summed E-state index contributed by atoms with van der Waals surface area (Å²) in [4.78, 5) is 0. The minimum Gasteiger partial charge on any atom is -0.373 e. The standard InChI is InChI=1S/C12H24N2OS/c1-2-3-5-8-14-11(13)10-16-12-7-4-6-9-15-12/h12H,2-10H2,1H3,(H2,13,14). The first-order valence-corrected chi connectivity index (χ1v) is 7.42. The molecule has 0 aromatic carbocycles. The summed E-state index contributed by atoms with van der Waals surface area (Å²) in [6.07, 6.45) is 7.27. The van der Waals surface area contributed by atoms with Crippen molar-refractivity contribution in [3.05, 3.63) is 0 Å². The van der Waals surface area contributed by atoms with Gasteiger partial charge in [0.25, 0.3) is 0 Å². The molecular weight excluding hydrogens is 220 g/mol. The van der Waals surface area contributed by atoms with Gasteiger partial charge < -0.3 is 10.1 Å². The molecule has 1 atom stereocenters. The zero-order valence-electron chi connectivity index (χ0n) is 10.3. The maximum Gasteiger partial charge on any atom is 0.103 e. The van der Waals surface area contributed by atoms with Gasteiger partial charge in [0, 0.05) is 13.2 Å². The molecule has 1 fully saturated rings. The van der Waals surface area contributed by atoms with Gasteiger partial charge in [0.2, 0.25) is 0 Å². The van der Waals surface area contributed by atoms with Crippen LogP contribution in [0.2, 0.25) is 0 Å². The molecule has 0 saturated carbocycles. The van der Waals surface area contributed by atoms with Crippen molar-refractivity contribution in [1.82, 2.24) is 5.32 Å². The summed E-state index contributed by atoms with van der Waals surface area (Å²) >= 11 is 1.76. The van der Waals surface area contributed by atoms with Crippen LogP contribution in [-0.4, -0.2) is 30.2 Å². The Hall–Kier alpha value is -0.220. The largest absolute Gasteiger partial charge is 0.373 e. The Morgan fingerprint density at radius 1 is 1.44 bits per heavy atom. The molecule has 0 aliphatic carbocycles. The number of unbranched alkanes of at least 4 members (excludes halogenated alkanes) is 2. The third-order valence-electron chi connectivity index (χ3n) is 2.67. The molecule has 1 aliphatic rings. The van der Waals surface area contributed by atoms with Crippen LogP contribution in [0.25, 0.3) is 0 Å². The number of hydrogen-bond donors (Lipinski definition) is 2. The molecular formula is C12H24N2OS. The van der Waals surface area contributed by atoms with Crippen molar-refractivity contribution < 1.29 is 4.74 Å². The van der Waals surface area contributed by atoms with Crippen LogP contribution in [0.5, 0.6) is 0 Å². The van der Waals surface area contributed by atoms with Gasteiger partial charge in [0.1, 0.15) is 11.3 Å². The molecule has 0 bridgehead atoms. The lowest BCUT2D eigenvalue weighted by molar-refractivity contribution is 0.0730. The molecule has 2 N–H and O–H groups in total. The first-order chi connectivity index (χ1) is 7.83. The third kappa shape index (κ3) is 6.38. The van der Waals surface area contributed by atoms with E-state index in [-0.39, 0.29) is 0 Å². The minimum atomic E-state index is 0.326. The summed E-state index contributed by atoms with van der Waals surface area (Å²) < 4.78 is 5.61. The highest BCUT2D eigenvalue weighted by Gasteiger charge is 2.14. The van der Waals surface area contributed by atoms with E-state index in [0.29, 0.717) is 11.3 Å². The Balaban J connectivity index is 1.96. The van der Waals surface area contributed by atoms with Crippen molar-refractivity contribution in [3.63, 3.8) is 0 Å². The maximum atomic E-state index is 7.76. The van der Waals surface area contributed by atoms with Crippen LogP contribution in [0.4, 0.5) is 0 Å². The Labute approximate surface area is 103 Å². The van der Waals surface area contributed by atoms with Gasteiger partial charge in [0.15, 0.2) is 0 Å². The fourth-order valence-electron chi connectivity index (χ4n) is 1.68. The Kier molecular flexibility index (Phi) is 7.68. The zero-order valence-corrected chi connectivity index (χ0v) is 11.1. The molecule has 1 aliphatic heterocycles. The van der Waals surface area contributed by atoms with Gasteiger partial charge in [-0.1, -0.05) is 19.8 Å². The SMILES string of the molecule is CCCCCNC(=N)CSC1CCCCO1. The van der Waals surface area contributed by atoms with Crippen molar-refractivity contribution >= 4 is 17.6 Å². The first-order valence-electron chi connectivity index (χ1n) is 6.37. The Morgan fingerprint density at radius 2 is 2.31 bits per heavy atom. The Bertz CT molecular complexity index is 193. The van der Waals surface area contributed by atoms with Gasteiger partial charge in [-0.2, -0.15) is 0 Å². The third-order valence-corrected chi connectivity index (χ3v) is 3.87. The van der Waals surface area contributed by atoms with Gasteiger partial charge in [-0.05, 0) is 25.7 Å². The van der Waals surface area contributed by atoms with E-state index in [1.807, 2.05) is 0 Å². The van der Waals surface area contributed by atoms with E-state index in [9.17, 15) is 0 Å². The lowest BCUT2D eigenvalue weighted by Gasteiger charge is -2.22. The summed E-state index contributed by atoms with van der Waals surface area (Å²) in [6, 6.07) is 0. The molecule has 1 rings (SSSR count). The van der Waals surface area contributed by atoms with Crippen LogP contribution in [-0.2, 0) is 4.74 Å². The Morgan fingerprint density at radius 3 is 3.00 bits per heavy atom. The van der Waals surface area contributed by atoms with E-state index in [4.69, 9.17) is 10.1 Å². The van der Waals surface area contributed by atoms with Crippen molar-refractivity contribution in [3.8, 4) is 0 Å². The number of ether oxygens (including phenoxy) is 1. The molecule has 16 heavy (non-hydrogen) atoms. The molecule has 94 valence electrons. The van der Waals surface area contributed by atoms with Gasteiger partial charge in [-0.3, -0.25) is 5.41 Å². The van der Waals surface area contributed by atoms with Crippen LogP contribution in [0, 0.1) is 5.41 Å². The van der Waals surface area contributed by atoms with E-state index >= 15 is 0 Å². The fraction of sp³-hybridized carbons (Fsp3) is 0.917. The van der Waals surface area contributed by atoms with Crippen molar-refractivity contribution in [2.75, 3.05) is 18.9 Å². The van der Waals surface area contributed by atoms with Crippen LogP contribution in [0.1, 0.15) is 45.4 Å². The zero-order chi connectivity index (χ0) is 11.6. The summed E-state index contributed by atoms with van der Waals surface area (Å²) in [6.45, 7) is 4.04. The molecule has 1 unspecified atom stereocenters. The quantitative estimate of drug-likeness (QED) is 0.411. The van der Waals surface area contributed by atoms with Crippen LogP contribution in [0.15, 0.2) is 0 Å². The second-order valence-electron chi connectivity index (χ2n) is 4.22. The van der Waals surface area contributed by atoms with E-state index in [0.717, 1.165) is 25.3 Å². The summed E-state index contributed by atoms with van der Waals surface area (Å²) in [7, 11) is 0. The second kappa shape index (κ2) is 8.88. The second-order valence-corrected chi connectivity index (χ2v) is 5.37. The van der Waals surface area contributed by atoms with E-state index in [2.05, 4.69) is 12.2 Å². The average Bonchev–Trinajstić information content (AvgIpc) is 2.33. The van der Waals surface area contributed by atoms with E-state index in [1.165, 1.54) is 32.1 Å². The molecule has 3 nitrogen and oxygen atoms in total.